The first kappa shape index (κ1) is 17.7. The van der Waals surface area contributed by atoms with Gasteiger partial charge in [-0.3, -0.25) is 4.99 Å². The number of thioether (sulfide) groups is 1. The Kier molecular flexibility index (Phi) is 9.53. The van der Waals surface area contributed by atoms with Gasteiger partial charge in [-0.1, -0.05) is 18.2 Å². The zero-order valence-corrected chi connectivity index (χ0v) is 14.1. The second kappa shape index (κ2) is 11.3. The molecule has 0 heterocycles. The van der Waals surface area contributed by atoms with E-state index in [4.69, 9.17) is 4.74 Å². The van der Waals surface area contributed by atoms with Crippen molar-refractivity contribution in [1.29, 1.82) is 0 Å². The van der Waals surface area contributed by atoms with E-state index in [2.05, 4.69) is 34.9 Å². The van der Waals surface area contributed by atoms with Gasteiger partial charge in [-0.15, -0.1) is 0 Å². The van der Waals surface area contributed by atoms with Crippen LogP contribution in [0.5, 0.6) is 5.75 Å². The lowest BCUT2D eigenvalue weighted by molar-refractivity contribution is 0.409. The predicted octanol–water partition coefficient (Wildman–Crippen LogP) is 2.55. The minimum Gasteiger partial charge on any atom is -0.496 e. The van der Waals surface area contributed by atoms with Crippen LogP contribution in [-0.4, -0.2) is 44.7 Å². The molecule has 0 saturated carbocycles. The molecule has 0 fully saturated rings. The van der Waals surface area contributed by atoms with Crippen LogP contribution in [0, 0.1) is 0 Å². The average Bonchev–Trinajstić information content (AvgIpc) is 2.52. The Labute approximate surface area is 132 Å². The van der Waals surface area contributed by atoms with E-state index in [1.165, 1.54) is 5.56 Å². The quantitative estimate of drug-likeness (QED) is 0.418. The summed E-state index contributed by atoms with van der Waals surface area (Å²) in [5, 5.41) is 6.65. The summed E-state index contributed by atoms with van der Waals surface area (Å²) in [4.78, 5) is 4.57. The van der Waals surface area contributed by atoms with Crippen LogP contribution in [0.2, 0.25) is 0 Å². The van der Waals surface area contributed by atoms with Crippen molar-refractivity contribution >= 4 is 17.7 Å². The molecule has 0 amide bonds. The second-order valence-corrected chi connectivity index (χ2v) is 5.58. The van der Waals surface area contributed by atoms with Gasteiger partial charge in [0.2, 0.25) is 0 Å². The summed E-state index contributed by atoms with van der Waals surface area (Å²) in [5.41, 5.74) is 1.21. The summed E-state index contributed by atoms with van der Waals surface area (Å²) in [7, 11) is 1.71. The monoisotopic (exact) mass is 309 g/mol. The highest BCUT2D eigenvalue weighted by Gasteiger charge is 2.02. The maximum Gasteiger partial charge on any atom is 0.191 e. The van der Waals surface area contributed by atoms with Gasteiger partial charge in [0.15, 0.2) is 5.96 Å². The minimum absolute atomic E-state index is 0.842. The van der Waals surface area contributed by atoms with Gasteiger partial charge >= 0.3 is 0 Å². The van der Waals surface area contributed by atoms with Crippen LogP contribution in [0.4, 0.5) is 0 Å². The third-order valence-electron chi connectivity index (χ3n) is 3.00. The average molecular weight is 309 g/mol. The maximum absolute atomic E-state index is 5.37. The lowest BCUT2D eigenvalue weighted by Crippen LogP contribution is -2.38. The number of hydrogen-bond donors (Lipinski definition) is 2. The Hall–Kier alpha value is -1.36. The molecule has 0 saturated heterocycles. The van der Waals surface area contributed by atoms with Crippen LogP contribution in [0.1, 0.15) is 18.9 Å². The van der Waals surface area contributed by atoms with Gasteiger partial charge in [-0.05, 0) is 43.4 Å². The van der Waals surface area contributed by atoms with Gasteiger partial charge in [0.1, 0.15) is 5.75 Å². The molecular formula is C16H27N3OS. The van der Waals surface area contributed by atoms with Gasteiger partial charge < -0.3 is 15.4 Å². The van der Waals surface area contributed by atoms with Crippen LogP contribution in [-0.2, 0) is 6.42 Å². The first-order chi connectivity index (χ1) is 10.3. The molecule has 0 aliphatic heterocycles. The van der Waals surface area contributed by atoms with Gasteiger partial charge in [-0.2, -0.15) is 11.8 Å². The lowest BCUT2D eigenvalue weighted by Gasteiger charge is -2.12. The summed E-state index contributed by atoms with van der Waals surface area (Å²) in [6.45, 7) is 4.67. The Morgan fingerprint density at radius 1 is 1.29 bits per heavy atom. The molecule has 0 bridgehead atoms. The molecule has 5 heteroatoms. The Bertz CT molecular complexity index is 424. The number of para-hydroxylation sites is 1. The van der Waals surface area contributed by atoms with Crippen molar-refractivity contribution in [3.8, 4) is 5.75 Å². The van der Waals surface area contributed by atoms with Crippen molar-refractivity contribution in [2.45, 2.75) is 19.8 Å². The van der Waals surface area contributed by atoms with Crippen molar-refractivity contribution in [3.05, 3.63) is 29.8 Å². The fourth-order valence-corrected chi connectivity index (χ4v) is 2.38. The molecule has 118 valence electrons. The number of guanidine groups is 1. The number of aliphatic imine (C=N–C) groups is 1. The van der Waals surface area contributed by atoms with E-state index >= 15 is 0 Å². The van der Waals surface area contributed by atoms with Gasteiger partial charge in [0, 0.05) is 19.6 Å². The number of rotatable bonds is 9. The summed E-state index contributed by atoms with van der Waals surface area (Å²) < 4.78 is 5.37. The normalized spacial score (nSPS) is 11.3. The minimum atomic E-state index is 0.842. The van der Waals surface area contributed by atoms with Crippen molar-refractivity contribution in [2.24, 2.45) is 4.99 Å². The molecule has 0 unspecified atom stereocenters. The molecule has 0 spiro atoms. The first-order valence-electron chi connectivity index (χ1n) is 7.44. The Balaban J connectivity index is 2.42. The molecule has 1 aromatic rings. The van der Waals surface area contributed by atoms with E-state index in [-0.39, 0.29) is 0 Å². The summed E-state index contributed by atoms with van der Waals surface area (Å²) in [5.74, 6) is 3.00. The van der Waals surface area contributed by atoms with E-state index in [9.17, 15) is 0 Å². The molecule has 0 atom stereocenters. The number of nitrogens with zero attached hydrogens (tertiary/aromatic N) is 1. The van der Waals surface area contributed by atoms with Crippen LogP contribution < -0.4 is 15.4 Å². The molecule has 0 aliphatic carbocycles. The topological polar surface area (TPSA) is 45.7 Å². The van der Waals surface area contributed by atoms with Crippen molar-refractivity contribution in [2.75, 3.05) is 38.8 Å². The second-order valence-electron chi connectivity index (χ2n) is 4.60. The van der Waals surface area contributed by atoms with E-state index in [0.29, 0.717) is 0 Å². The number of nitrogens with one attached hydrogen (secondary N) is 2. The van der Waals surface area contributed by atoms with Gasteiger partial charge in [-0.25, -0.2) is 0 Å². The zero-order chi connectivity index (χ0) is 15.3. The third-order valence-corrected chi connectivity index (χ3v) is 3.70. The fourth-order valence-electron chi connectivity index (χ4n) is 1.97. The molecule has 4 nitrogen and oxygen atoms in total. The number of ether oxygens (including phenoxy) is 1. The SMILES string of the molecule is CCNC(=NCCCSC)NCCc1ccccc1OC. The van der Waals surface area contributed by atoms with Gasteiger partial charge in [0.05, 0.1) is 7.11 Å². The standard InChI is InChI=1S/C16H27N3OS/c1-4-17-16(18-11-7-13-21-3)19-12-10-14-8-5-6-9-15(14)20-2/h5-6,8-9H,4,7,10-13H2,1-3H3,(H2,17,18,19). The highest BCUT2D eigenvalue weighted by Crippen LogP contribution is 2.17. The molecule has 1 rings (SSSR count). The van der Waals surface area contributed by atoms with E-state index in [0.717, 1.165) is 49.9 Å². The summed E-state index contributed by atoms with van der Waals surface area (Å²) in [6, 6.07) is 8.13. The van der Waals surface area contributed by atoms with Crippen molar-refractivity contribution in [3.63, 3.8) is 0 Å². The largest absolute Gasteiger partial charge is 0.496 e. The molecule has 0 aliphatic rings. The first-order valence-corrected chi connectivity index (χ1v) is 8.84. The maximum atomic E-state index is 5.37. The Morgan fingerprint density at radius 2 is 2.10 bits per heavy atom. The predicted molar refractivity (Wildman–Crippen MR) is 93.7 cm³/mol. The van der Waals surface area contributed by atoms with Crippen molar-refractivity contribution < 1.29 is 4.74 Å². The smallest absolute Gasteiger partial charge is 0.191 e. The number of hydrogen-bond acceptors (Lipinski definition) is 3. The van der Waals surface area contributed by atoms with Gasteiger partial charge in [0.25, 0.3) is 0 Å². The highest BCUT2D eigenvalue weighted by molar-refractivity contribution is 7.98. The zero-order valence-electron chi connectivity index (χ0n) is 13.3. The number of methoxy groups -OCH3 is 1. The molecule has 2 N–H and O–H groups in total. The Morgan fingerprint density at radius 3 is 2.81 bits per heavy atom. The molecule has 21 heavy (non-hydrogen) atoms. The van der Waals surface area contributed by atoms with Crippen LogP contribution in [0.25, 0.3) is 0 Å². The lowest BCUT2D eigenvalue weighted by atomic mass is 10.1. The fraction of sp³-hybridized carbons (Fsp3) is 0.562. The third kappa shape index (κ3) is 7.27. The van der Waals surface area contributed by atoms with E-state index in [1.54, 1.807) is 7.11 Å². The van der Waals surface area contributed by atoms with E-state index < -0.39 is 0 Å². The summed E-state index contributed by atoms with van der Waals surface area (Å²) in [6.07, 6.45) is 4.16. The summed E-state index contributed by atoms with van der Waals surface area (Å²) >= 11 is 1.86. The van der Waals surface area contributed by atoms with Crippen LogP contribution >= 0.6 is 11.8 Å². The molecule has 0 aromatic heterocycles. The molecule has 1 aromatic carbocycles. The van der Waals surface area contributed by atoms with Crippen molar-refractivity contribution in [1.82, 2.24) is 10.6 Å². The molecular weight excluding hydrogens is 282 g/mol. The van der Waals surface area contributed by atoms with E-state index in [1.807, 2.05) is 30.0 Å². The molecule has 0 radical (unpaired) electrons. The van der Waals surface area contributed by atoms with Crippen LogP contribution in [0.15, 0.2) is 29.3 Å². The number of benzene rings is 1. The highest BCUT2D eigenvalue weighted by atomic mass is 32.2. The van der Waals surface area contributed by atoms with Crippen LogP contribution in [0.3, 0.4) is 0 Å².